The predicted octanol–water partition coefficient (Wildman–Crippen LogP) is 1.95. The summed E-state index contributed by atoms with van der Waals surface area (Å²) in [6.45, 7) is 3.83. The third-order valence-corrected chi connectivity index (χ3v) is 4.61. The van der Waals surface area contributed by atoms with Crippen molar-refractivity contribution in [3.05, 3.63) is 35.9 Å². The van der Waals surface area contributed by atoms with Gasteiger partial charge in [0.05, 0.1) is 16.9 Å². The molecule has 2 aliphatic heterocycles. The zero-order valence-corrected chi connectivity index (χ0v) is 13.6. The van der Waals surface area contributed by atoms with Gasteiger partial charge in [0.1, 0.15) is 24.4 Å². The molecule has 0 radical (unpaired) electrons. The van der Waals surface area contributed by atoms with Crippen LogP contribution >= 0.6 is 0 Å². The maximum atomic E-state index is 14.0. The van der Waals surface area contributed by atoms with Crippen LogP contribution in [0, 0.1) is 6.92 Å². The molecule has 0 amide bonds. The lowest BCUT2D eigenvalue weighted by atomic mass is 10.1. The quantitative estimate of drug-likeness (QED) is 0.929. The number of alkyl halides is 1. The second-order valence-corrected chi connectivity index (χ2v) is 6.16. The lowest BCUT2D eigenvalue weighted by Gasteiger charge is -2.28. The van der Waals surface area contributed by atoms with Crippen LogP contribution in [0.2, 0.25) is 0 Å². The first-order valence-electron chi connectivity index (χ1n) is 8.28. The van der Waals surface area contributed by atoms with Gasteiger partial charge in [-0.15, -0.1) is 0 Å². The molecule has 0 aliphatic carbocycles. The van der Waals surface area contributed by atoms with E-state index in [2.05, 4.69) is 25.2 Å². The minimum atomic E-state index is -1.02. The molecule has 6 nitrogen and oxygen atoms in total. The number of fused-ring (bicyclic) bond motifs is 1. The van der Waals surface area contributed by atoms with Crippen molar-refractivity contribution in [2.45, 2.75) is 32.0 Å². The molecule has 24 heavy (non-hydrogen) atoms. The highest BCUT2D eigenvalue weighted by Gasteiger charge is 2.29. The molecule has 1 fully saturated rings. The standard InChI is InChI=1S/C17H20FN5O/c1-11-16(23-8-5-13-14(23)3-2-6-20-13)21-10-22-17(11)24-15-4-7-19-9-12(15)18/h2-3,6,10,12,15,19H,4-5,7-9H2,1H3/t12-,15-/m0/s1. The normalized spacial score (nSPS) is 23.2. The van der Waals surface area contributed by atoms with Crippen molar-refractivity contribution in [2.24, 2.45) is 0 Å². The van der Waals surface area contributed by atoms with E-state index in [0.29, 0.717) is 18.8 Å². The van der Waals surface area contributed by atoms with Crippen molar-refractivity contribution >= 4 is 11.5 Å². The molecule has 0 saturated carbocycles. The summed E-state index contributed by atoms with van der Waals surface area (Å²) in [6.07, 6.45) is 3.34. The van der Waals surface area contributed by atoms with Crippen molar-refractivity contribution in [1.29, 1.82) is 0 Å². The van der Waals surface area contributed by atoms with Gasteiger partial charge in [0.25, 0.3) is 0 Å². The van der Waals surface area contributed by atoms with Crippen LogP contribution < -0.4 is 15.0 Å². The molecule has 4 rings (SSSR count). The number of ether oxygens (including phenoxy) is 1. The van der Waals surface area contributed by atoms with E-state index in [1.165, 1.54) is 6.33 Å². The Hall–Kier alpha value is -2.28. The van der Waals surface area contributed by atoms with Gasteiger partial charge >= 0.3 is 0 Å². The van der Waals surface area contributed by atoms with Crippen molar-refractivity contribution in [1.82, 2.24) is 20.3 Å². The Bertz CT molecular complexity index is 741. The van der Waals surface area contributed by atoms with Crippen molar-refractivity contribution < 1.29 is 9.13 Å². The molecule has 1 N–H and O–H groups in total. The van der Waals surface area contributed by atoms with Gasteiger partial charge in [-0.25, -0.2) is 14.4 Å². The van der Waals surface area contributed by atoms with E-state index in [1.807, 2.05) is 25.3 Å². The fraction of sp³-hybridized carbons (Fsp3) is 0.471. The second-order valence-electron chi connectivity index (χ2n) is 6.16. The van der Waals surface area contributed by atoms with Gasteiger partial charge in [-0.1, -0.05) is 0 Å². The molecule has 0 unspecified atom stereocenters. The van der Waals surface area contributed by atoms with Crippen LogP contribution in [0.5, 0.6) is 5.88 Å². The van der Waals surface area contributed by atoms with Crippen LogP contribution in [0.4, 0.5) is 15.9 Å². The monoisotopic (exact) mass is 329 g/mol. The number of rotatable bonds is 3. The molecule has 2 aromatic rings. The van der Waals surface area contributed by atoms with Crippen LogP contribution in [0.15, 0.2) is 24.7 Å². The highest BCUT2D eigenvalue weighted by molar-refractivity contribution is 5.68. The number of hydrogen-bond acceptors (Lipinski definition) is 6. The minimum absolute atomic E-state index is 0.326. The molecule has 2 aromatic heterocycles. The van der Waals surface area contributed by atoms with E-state index in [1.54, 1.807) is 0 Å². The lowest BCUT2D eigenvalue weighted by Crippen LogP contribution is -2.44. The van der Waals surface area contributed by atoms with Gasteiger partial charge in [-0.2, -0.15) is 0 Å². The number of halogens is 1. The van der Waals surface area contributed by atoms with Crippen molar-refractivity contribution in [3.8, 4) is 5.88 Å². The third kappa shape index (κ3) is 2.69. The summed E-state index contributed by atoms with van der Waals surface area (Å²) in [7, 11) is 0. The Labute approximate surface area is 140 Å². The average Bonchev–Trinajstić information content (AvgIpc) is 3.03. The Morgan fingerprint density at radius 3 is 3.12 bits per heavy atom. The van der Waals surface area contributed by atoms with Gasteiger partial charge in [0.15, 0.2) is 0 Å². The maximum Gasteiger partial charge on any atom is 0.221 e. The summed E-state index contributed by atoms with van der Waals surface area (Å²) < 4.78 is 19.9. The molecule has 126 valence electrons. The number of piperidine rings is 1. The summed E-state index contributed by atoms with van der Waals surface area (Å²) in [5, 5.41) is 3.03. The third-order valence-electron chi connectivity index (χ3n) is 4.61. The second kappa shape index (κ2) is 6.32. The van der Waals surface area contributed by atoms with Gasteiger partial charge in [-0.05, 0) is 32.0 Å². The predicted molar refractivity (Wildman–Crippen MR) is 88.5 cm³/mol. The lowest BCUT2D eigenvalue weighted by molar-refractivity contribution is 0.0686. The Morgan fingerprint density at radius 1 is 1.33 bits per heavy atom. The van der Waals surface area contributed by atoms with E-state index in [9.17, 15) is 4.39 Å². The SMILES string of the molecule is Cc1c(O[C@H]2CCNC[C@@H]2F)ncnc1N1CCc2ncccc21. The first kappa shape index (κ1) is 15.3. The zero-order chi connectivity index (χ0) is 16.5. The van der Waals surface area contributed by atoms with E-state index in [-0.39, 0.29) is 0 Å². The van der Waals surface area contributed by atoms with Crippen LogP contribution in [0.3, 0.4) is 0 Å². The van der Waals surface area contributed by atoms with Crippen molar-refractivity contribution in [2.75, 3.05) is 24.5 Å². The molecule has 1 saturated heterocycles. The summed E-state index contributed by atoms with van der Waals surface area (Å²) in [5.41, 5.74) is 2.97. The smallest absolute Gasteiger partial charge is 0.221 e. The molecule has 0 spiro atoms. The Morgan fingerprint density at radius 2 is 2.25 bits per heavy atom. The summed E-state index contributed by atoms with van der Waals surface area (Å²) in [5.74, 6) is 1.27. The van der Waals surface area contributed by atoms with Crippen molar-refractivity contribution in [3.63, 3.8) is 0 Å². The number of nitrogens with zero attached hydrogens (tertiary/aromatic N) is 4. The average molecular weight is 329 g/mol. The van der Waals surface area contributed by atoms with E-state index >= 15 is 0 Å². The molecule has 0 bridgehead atoms. The van der Waals surface area contributed by atoms with Crippen LogP contribution in [0.25, 0.3) is 0 Å². The van der Waals surface area contributed by atoms with Gasteiger partial charge in [0.2, 0.25) is 5.88 Å². The van der Waals surface area contributed by atoms with E-state index in [4.69, 9.17) is 4.74 Å². The number of aromatic nitrogens is 3. The Kier molecular flexibility index (Phi) is 4.02. The highest BCUT2D eigenvalue weighted by Crippen LogP contribution is 2.35. The molecule has 0 aromatic carbocycles. The summed E-state index contributed by atoms with van der Waals surface area (Å²) in [4.78, 5) is 15.2. The number of hydrogen-bond donors (Lipinski definition) is 1. The topological polar surface area (TPSA) is 63.2 Å². The molecular weight excluding hydrogens is 309 g/mol. The number of nitrogens with one attached hydrogen (secondary N) is 1. The summed E-state index contributed by atoms with van der Waals surface area (Å²) in [6, 6.07) is 3.97. The maximum absolute atomic E-state index is 14.0. The molecule has 2 atom stereocenters. The van der Waals surface area contributed by atoms with Crippen LogP contribution in [0.1, 0.15) is 17.7 Å². The van der Waals surface area contributed by atoms with Gasteiger partial charge < -0.3 is 15.0 Å². The minimum Gasteiger partial charge on any atom is -0.471 e. The number of pyridine rings is 1. The zero-order valence-electron chi connectivity index (χ0n) is 13.6. The van der Waals surface area contributed by atoms with Crippen LogP contribution in [-0.2, 0) is 6.42 Å². The molecular formula is C17H20FN5O. The highest BCUT2D eigenvalue weighted by atomic mass is 19.1. The van der Waals surface area contributed by atoms with E-state index < -0.39 is 12.3 Å². The fourth-order valence-electron chi connectivity index (χ4n) is 3.31. The van der Waals surface area contributed by atoms with E-state index in [0.717, 1.165) is 42.3 Å². The Balaban J connectivity index is 1.62. The first-order valence-corrected chi connectivity index (χ1v) is 8.28. The molecule has 4 heterocycles. The van der Waals surface area contributed by atoms with Gasteiger partial charge in [0, 0.05) is 25.7 Å². The largest absolute Gasteiger partial charge is 0.471 e. The summed E-state index contributed by atoms with van der Waals surface area (Å²) >= 11 is 0. The first-order chi connectivity index (χ1) is 11.7. The molecule has 7 heteroatoms. The molecule has 2 aliphatic rings. The van der Waals surface area contributed by atoms with Crippen LogP contribution in [-0.4, -0.2) is 46.9 Å². The fourth-order valence-corrected chi connectivity index (χ4v) is 3.31. The number of anilines is 2. The van der Waals surface area contributed by atoms with Gasteiger partial charge in [-0.3, -0.25) is 4.98 Å².